The number of hydrogen-bond acceptors (Lipinski definition) is 2. The van der Waals surface area contributed by atoms with Crippen molar-refractivity contribution in [2.75, 3.05) is 0 Å². The standard InChI is InChI=1S/C14H10Br2ClNO/c15-8-5-7-1-2-9-10(3-4-11(17)12(9)16)14(19)13(7)18-6-8/h3-6,14,19H,1-2H2/t14-/m0/s1. The quantitative estimate of drug-likeness (QED) is 0.706. The van der Waals surface area contributed by atoms with Gasteiger partial charge in [0.1, 0.15) is 6.10 Å². The van der Waals surface area contributed by atoms with Gasteiger partial charge in [-0.3, -0.25) is 4.98 Å². The summed E-state index contributed by atoms with van der Waals surface area (Å²) in [6.07, 6.45) is 2.69. The van der Waals surface area contributed by atoms with Gasteiger partial charge in [-0.05, 0) is 73.5 Å². The van der Waals surface area contributed by atoms with E-state index in [4.69, 9.17) is 11.6 Å². The zero-order valence-electron chi connectivity index (χ0n) is 9.83. The first-order valence-electron chi connectivity index (χ1n) is 5.87. The lowest BCUT2D eigenvalue weighted by Gasteiger charge is -2.15. The van der Waals surface area contributed by atoms with Gasteiger partial charge in [-0.15, -0.1) is 0 Å². The van der Waals surface area contributed by atoms with Gasteiger partial charge in [-0.25, -0.2) is 0 Å². The number of rotatable bonds is 0. The van der Waals surface area contributed by atoms with Crippen molar-refractivity contribution in [1.29, 1.82) is 0 Å². The first-order valence-corrected chi connectivity index (χ1v) is 7.83. The molecular formula is C14H10Br2ClNO. The van der Waals surface area contributed by atoms with Crippen molar-refractivity contribution < 1.29 is 5.11 Å². The van der Waals surface area contributed by atoms with Crippen LogP contribution in [0.5, 0.6) is 0 Å². The van der Waals surface area contributed by atoms with Crippen LogP contribution in [0.1, 0.15) is 28.5 Å². The molecule has 1 atom stereocenters. The van der Waals surface area contributed by atoms with Gasteiger partial charge in [0, 0.05) is 15.1 Å². The van der Waals surface area contributed by atoms with Crippen LogP contribution in [0.15, 0.2) is 33.3 Å². The zero-order chi connectivity index (χ0) is 13.6. The number of nitrogens with zero attached hydrogens (tertiary/aromatic N) is 1. The SMILES string of the molecule is O[C@H]1c2ccc(Cl)c(Br)c2CCc2cc(Br)cnc21. The number of aromatic nitrogens is 1. The fraction of sp³-hybridized carbons (Fsp3) is 0.214. The van der Waals surface area contributed by atoms with Crippen LogP contribution in [0.4, 0.5) is 0 Å². The molecule has 0 fully saturated rings. The number of halogens is 3. The van der Waals surface area contributed by atoms with E-state index >= 15 is 0 Å². The molecule has 1 aromatic carbocycles. The van der Waals surface area contributed by atoms with Crippen LogP contribution in [0.25, 0.3) is 0 Å². The zero-order valence-corrected chi connectivity index (χ0v) is 13.8. The van der Waals surface area contributed by atoms with Crippen molar-refractivity contribution in [2.24, 2.45) is 0 Å². The molecule has 0 saturated carbocycles. The third-order valence-corrected chi connectivity index (χ3v) is 5.28. The molecule has 0 unspecified atom stereocenters. The molecule has 2 nitrogen and oxygen atoms in total. The van der Waals surface area contributed by atoms with Crippen LogP contribution in [-0.2, 0) is 12.8 Å². The summed E-state index contributed by atoms with van der Waals surface area (Å²) in [7, 11) is 0. The molecular weight excluding hydrogens is 393 g/mol. The first-order chi connectivity index (χ1) is 9.08. The molecule has 1 N–H and O–H groups in total. The van der Waals surface area contributed by atoms with Gasteiger partial charge in [0.2, 0.25) is 0 Å². The molecule has 1 heterocycles. The van der Waals surface area contributed by atoms with Crippen LogP contribution >= 0.6 is 43.5 Å². The van der Waals surface area contributed by atoms with E-state index in [9.17, 15) is 5.11 Å². The third-order valence-electron chi connectivity index (χ3n) is 3.40. The maximum atomic E-state index is 10.6. The lowest BCUT2D eigenvalue weighted by Crippen LogP contribution is -2.05. The van der Waals surface area contributed by atoms with Gasteiger partial charge in [0.05, 0.1) is 10.7 Å². The lowest BCUT2D eigenvalue weighted by molar-refractivity contribution is 0.214. The normalized spacial score (nSPS) is 17.6. The van der Waals surface area contributed by atoms with Crippen LogP contribution in [0, 0.1) is 0 Å². The number of aliphatic hydroxyl groups is 1. The lowest BCUT2D eigenvalue weighted by atomic mass is 10.0. The summed E-state index contributed by atoms with van der Waals surface area (Å²) < 4.78 is 1.80. The third kappa shape index (κ3) is 2.35. The van der Waals surface area contributed by atoms with E-state index in [0.717, 1.165) is 44.2 Å². The summed E-state index contributed by atoms with van der Waals surface area (Å²) in [5.41, 5.74) is 3.75. The van der Waals surface area contributed by atoms with Crippen molar-refractivity contribution in [3.05, 3.63) is 60.7 Å². The summed E-state index contributed by atoms with van der Waals surface area (Å²) >= 11 is 13.1. The Morgan fingerprint density at radius 2 is 2.05 bits per heavy atom. The highest BCUT2D eigenvalue weighted by Crippen LogP contribution is 2.38. The smallest absolute Gasteiger partial charge is 0.122 e. The molecule has 0 spiro atoms. The molecule has 0 saturated heterocycles. The first kappa shape index (κ1) is 13.6. The molecule has 1 aliphatic carbocycles. The average molecular weight is 404 g/mol. The molecule has 0 radical (unpaired) electrons. The van der Waals surface area contributed by atoms with Crippen molar-refractivity contribution in [1.82, 2.24) is 4.98 Å². The van der Waals surface area contributed by atoms with Crippen LogP contribution in [-0.4, -0.2) is 10.1 Å². The highest BCUT2D eigenvalue weighted by atomic mass is 79.9. The Hall–Kier alpha value is -0.420. The van der Waals surface area contributed by atoms with E-state index in [1.165, 1.54) is 0 Å². The van der Waals surface area contributed by atoms with Crippen molar-refractivity contribution >= 4 is 43.5 Å². The largest absolute Gasteiger partial charge is 0.382 e. The predicted molar refractivity (Wildman–Crippen MR) is 82.6 cm³/mol. The molecule has 19 heavy (non-hydrogen) atoms. The molecule has 0 bridgehead atoms. The number of hydrogen-bond donors (Lipinski definition) is 1. The maximum Gasteiger partial charge on any atom is 0.122 e. The van der Waals surface area contributed by atoms with Gasteiger partial charge < -0.3 is 5.11 Å². The molecule has 1 aliphatic rings. The second-order valence-corrected chi connectivity index (χ2v) is 6.65. The summed E-state index contributed by atoms with van der Waals surface area (Å²) in [6, 6.07) is 5.70. The fourth-order valence-electron chi connectivity index (χ4n) is 2.46. The van der Waals surface area contributed by atoms with E-state index < -0.39 is 6.10 Å². The summed E-state index contributed by atoms with van der Waals surface area (Å²) in [5, 5.41) is 11.2. The average Bonchev–Trinajstić information content (AvgIpc) is 2.52. The Morgan fingerprint density at radius 3 is 2.84 bits per heavy atom. The number of benzene rings is 1. The minimum absolute atomic E-state index is 0.672. The second kappa shape index (κ2) is 5.17. The minimum atomic E-state index is -0.700. The second-order valence-electron chi connectivity index (χ2n) is 4.53. The Balaban J connectivity index is 2.19. The summed E-state index contributed by atoms with van der Waals surface area (Å²) in [4.78, 5) is 4.37. The van der Waals surface area contributed by atoms with Gasteiger partial charge >= 0.3 is 0 Å². The topological polar surface area (TPSA) is 33.1 Å². The van der Waals surface area contributed by atoms with Crippen molar-refractivity contribution in [3.8, 4) is 0 Å². The molecule has 2 aromatic rings. The van der Waals surface area contributed by atoms with E-state index in [0.29, 0.717) is 5.02 Å². The molecule has 0 aliphatic heterocycles. The summed E-state index contributed by atoms with van der Waals surface area (Å²) in [6.45, 7) is 0. The molecule has 98 valence electrons. The van der Waals surface area contributed by atoms with Crippen molar-refractivity contribution in [2.45, 2.75) is 18.9 Å². The van der Waals surface area contributed by atoms with Crippen LogP contribution in [0.3, 0.4) is 0 Å². The van der Waals surface area contributed by atoms with E-state index in [2.05, 4.69) is 36.8 Å². The molecule has 3 rings (SSSR count). The van der Waals surface area contributed by atoms with Crippen molar-refractivity contribution in [3.63, 3.8) is 0 Å². The minimum Gasteiger partial charge on any atom is -0.382 e. The van der Waals surface area contributed by atoms with E-state index in [1.54, 1.807) is 12.3 Å². The van der Waals surface area contributed by atoms with Crippen LogP contribution in [0.2, 0.25) is 5.02 Å². The van der Waals surface area contributed by atoms with Gasteiger partial charge in [-0.2, -0.15) is 0 Å². The van der Waals surface area contributed by atoms with Gasteiger partial charge in [-0.1, -0.05) is 17.7 Å². The predicted octanol–water partition coefficient (Wildman–Crippen LogP) is 4.44. The van der Waals surface area contributed by atoms with Gasteiger partial charge in [0.25, 0.3) is 0 Å². The Kier molecular flexibility index (Phi) is 3.69. The monoisotopic (exact) mass is 401 g/mol. The molecule has 1 aromatic heterocycles. The fourth-order valence-corrected chi connectivity index (χ4v) is 3.58. The van der Waals surface area contributed by atoms with Gasteiger partial charge in [0.15, 0.2) is 0 Å². The number of pyridine rings is 1. The highest BCUT2D eigenvalue weighted by Gasteiger charge is 2.25. The van der Waals surface area contributed by atoms with E-state index in [1.807, 2.05) is 12.1 Å². The maximum absolute atomic E-state index is 10.6. The number of aliphatic hydroxyl groups excluding tert-OH is 1. The Labute approximate surface area is 133 Å². The highest BCUT2D eigenvalue weighted by molar-refractivity contribution is 9.10. The molecule has 0 amide bonds. The Morgan fingerprint density at radius 1 is 1.26 bits per heavy atom. The Bertz CT molecular complexity index is 660. The number of fused-ring (bicyclic) bond motifs is 2. The van der Waals surface area contributed by atoms with E-state index in [-0.39, 0.29) is 0 Å². The van der Waals surface area contributed by atoms with Crippen LogP contribution < -0.4 is 0 Å². The molecule has 5 heteroatoms. The summed E-state index contributed by atoms with van der Waals surface area (Å²) in [5.74, 6) is 0. The number of aryl methyl sites for hydroxylation is 1.